The van der Waals surface area contributed by atoms with Gasteiger partial charge in [-0.3, -0.25) is 19.1 Å². The van der Waals surface area contributed by atoms with Gasteiger partial charge in [0, 0.05) is 32.2 Å². The number of thiocarbonyl (C=S) groups is 1. The highest BCUT2D eigenvalue weighted by atomic mass is 32.2. The van der Waals surface area contributed by atoms with Crippen LogP contribution in [0, 0.1) is 24.2 Å². The standard InChI is InChI=1S/C23H30N4O3S2/c1-13(2)7-8-27-22(29)19(32-23(27)31)9-17-16(5)18(10-24)21(28)25(6)20(17)26-11-14(3)30-15(4)12-26/h9,13-15H,7-8,11-12H2,1-6H3/b19-9+/t14-,15+. The molecule has 1 aromatic heterocycles. The molecule has 3 rings (SSSR count). The van der Waals surface area contributed by atoms with E-state index in [-0.39, 0.29) is 29.2 Å². The van der Waals surface area contributed by atoms with E-state index in [9.17, 15) is 14.9 Å². The number of anilines is 1. The van der Waals surface area contributed by atoms with Gasteiger partial charge in [0.15, 0.2) is 0 Å². The monoisotopic (exact) mass is 474 g/mol. The van der Waals surface area contributed by atoms with Gasteiger partial charge < -0.3 is 9.64 Å². The zero-order valence-corrected chi connectivity index (χ0v) is 21.1. The lowest BCUT2D eigenvalue weighted by Gasteiger charge is -2.38. The number of hydrogen-bond donors (Lipinski definition) is 0. The fraction of sp³-hybridized carbons (Fsp3) is 0.565. The summed E-state index contributed by atoms with van der Waals surface area (Å²) < 4.78 is 7.93. The Morgan fingerprint density at radius 1 is 1.28 bits per heavy atom. The molecule has 0 radical (unpaired) electrons. The molecule has 1 amide bonds. The van der Waals surface area contributed by atoms with Crippen LogP contribution in [0.5, 0.6) is 0 Å². The average molecular weight is 475 g/mol. The quantitative estimate of drug-likeness (QED) is 0.478. The molecule has 0 saturated carbocycles. The predicted molar refractivity (Wildman–Crippen MR) is 133 cm³/mol. The molecule has 0 spiro atoms. The maximum Gasteiger partial charge on any atom is 0.270 e. The van der Waals surface area contributed by atoms with Crippen molar-refractivity contribution in [1.82, 2.24) is 9.47 Å². The lowest BCUT2D eigenvalue weighted by molar-refractivity contribution is -0.122. The maximum atomic E-state index is 13.1. The van der Waals surface area contributed by atoms with Gasteiger partial charge in [-0.15, -0.1) is 0 Å². The first-order chi connectivity index (χ1) is 15.0. The van der Waals surface area contributed by atoms with Crippen molar-refractivity contribution in [3.05, 3.63) is 31.9 Å². The highest BCUT2D eigenvalue weighted by molar-refractivity contribution is 8.26. The highest BCUT2D eigenvalue weighted by Gasteiger charge is 2.33. The molecule has 2 saturated heterocycles. The van der Waals surface area contributed by atoms with Crippen molar-refractivity contribution in [2.75, 3.05) is 24.5 Å². The minimum Gasteiger partial charge on any atom is -0.372 e. The van der Waals surface area contributed by atoms with E-state index >= 15 is 0 Å². The van der Waals surface area contributed by atoms with Crippen LogP contribution in [0.15, 0.2) is 9.70 Å². The molecule has 2 atom stereocenters. The zero-order chi connectivity index (χ0) is 23.7. The topological polar surface area (TPSA) is 78.6 Å². The minimum absolute atomic E-state index is 0.00750. The molecule has 1 aromatic rings. The molecule has 0 bridgehead atoms. The van der Waals surface area contributed by atoms with Crippen molar-refractivity contribution < 1.29 is 9.53 Å². The van der Waals surface area contributed by atoms with Crippen LogP contribution in [-0.4, -0.2) is 51.5 Å². The van der Waals surface area contributed by atoms with Gasteiger partial charge >= 0.3 is 0 Å². The number of nitriles is 1. The first kappa shape index (κ1) is 24.5. The van der Waals surface area contributed by atoms with Crippen LogP contribution in [-0.2, 0) is 16.6 Å². The second-order valence-electron chi connectivity index (χ2n) is 8.89. The van der Waals surface area contributed by atoms with Crippen LogP contribution in [0.25, 0.3) is 6.08 Å². The molecule has 2 aliphatic rings. The van der Waals surface area contributed by atoms with Crippen molar-refractivity contribution in [1.29, 1.82) is 5.26 Å². The Labute approximate surface area is 199 Å². The first-order valence-corrected chi connectivity index (χ1v) is 12.1. The molecule has 0 unspecified atom stereocenters. The number of ether oxygens (including phenoxy) is 1. The lowest BCUT2D eigenvalue weighted by atomic mass is 10.0. The van der Waals surface area contributed by atoms with Crippen LogP contribution in [0.2, 0.25) is 0 Å². The van der Waals surface area contributed by atoms with Crippen LogP contribution >= 0.6 is 24.0 Å². The fourth-order valence-corrected chi connectivity index (χ4v) is 5.45. The molecule has 2 fully saturated rings. The van der Waals surface area contributed by atoms with Crippen LogP contribution in [0.1, 0.15) is 50.8 Å². The summed E-state index contributed by atoms with van der Waals surface area (Å²) in [6.45, 7) is 11.8. The van der Waals surface area contributed by atoms with Crippen molar-refractivity contribution in [3.8, 4) is 6.07 Å². The fourth-order valence-electron chi connectivity index (χ4n) is 4.16. The third kappa shape index (κ3) is 4.77. The normalized spacial score (nSPS) is 22.9. The number of carbonyl (C=O) groups is 1. The van der Waals surface area contributed by atoms with Gasteiger partial charge in [-0.25, -0.2) is 0 Å². The van der Waals surface area contributed by atoms with Gasteiger partial charge in [-0.2, -0.15) is 5.26 Å². The minimum atomic E-state index is -0.339. The van der Waals surface area contributed by atoms with E-state index in [1.807, 2.05) is 19.9 Å². The van der Waals surface area contributed by atoms with E-state index in [1.165, 1.54) is 16.3 Å². The first-order valence-electron chi connectivity index (χ1n) is 10.8. The van der Waals surface area contributed by atoms with Gasteiger partial charge in [0.1, 0.15) is 21.8 Å². The predicted octanol–water partition coefficient (Wildman–Crippen LogP) is 3.43. The van der Waals surface area contributed by atoms with E-state index in [0.29, 0.717) is 51.7 Å². The second kappa shape index (κ2) is 9.77. The smallest absolute Gasteiger partial charge is 0.270 e. The Morgan fingerprint density at radius 3 is 2.47 bits per heavy atom. The molecule has 32 heavy (non-hydrogen) atoms. The SMILES string of the molecule is Cc1c(/C=C2/SC(=S)N(CCC(C)C)C2=O)c(N2C[C@@H](C)O[C@@H](C)C2)n(C)c(=O)c1C#N. The van der Waals surface area contributed by atoms with Gasteiger partial charge in [0.25, 0.3) is 11.5 Å². The summed E-state index contributed by atoms with van der Waals surface area (Å²) in [7, 11) is 1.67. The number of hydrogen-bond acceptors (Lipinski definition) is 7. The summed E-state index contributed by atoms with van der Waals surface area (Å²) in [6, 6.07) is 2.05. The van der Waals surface area contributed by atoms with Crippen molar-refractivity contribution in [2.45, 2.75) is 53.2 Å². The van der Waals surface area contributed by atoms with E-state index in [4.69, 9.17) is 17.0 Å². The summed E-state index contributed by atoms with van der Waals surface area (Å²) >= 11 is 6.74. The third-order valence-electron chi connectivity index (χ3n) is 5.77. The van der Waals surface area contributed by atoms with Gasteiger partial charge in [0.2, 0.25) is 0 Å². The molecule has 9 heteroatoms. The van der Waals surface area contributed by atoms with E-state index < -0.39 is 0 Å². The largest absolute Gasteiger partial charge is 0.372 e. The molecule has 172 valence electrons. The second-order valence-corrected chi connectivity index (χ2v) is 10.6. The summed E-state index contributed by atoms with van der Waals surface area (Å²) in [6.07, 6.45) is 2.65. The summed E-state index contributed by atoms with van der Waals surface area (Å²) in [5.41, 5.74) is 1.03. The third-order valence-corrected chi connectivity index (χ3v) is 7.14. The zero-order valence-electron chi connectivity index (χ0n) is 19.5. The molecule has 2 aliphatic heterocycles. The molecular weight excluding hydrogens is 444 g/mol. The summed E-state index contributed by atoms with van der Waals surface area (Å²) in [4.78, 5) is 30.3. The van der Waals surface area contributed by atoms with Crippen molar-refractivity contribution >= 4 is 46.1 Å². The van der Waals surface area contributed by atoms with Gasteiger partial charge in [-0.05, 0) is 44.7 Å². The molecule has 3 heterocycles. The number of aromatic nitrogens is 1. The van der Waals surface area contributed by atoms with Crippen LogP contribution in [0.3, 0.4) is 0 Å². The van der Waals surface area contributed by atoms with Gasteiger partial charge in [-0.1, -0.05) is 37.8 Å². The number of carbonyl (C=O) groups excluding carboxylic acids is 1. The number of pyridine rings is 1. The molecule has 7 nitrogen and oxygen atoms in total. The Hall–Kier alpha value is -2.15. The average Bonchev–Trinajstić information content (AvgIpc) is 2.97. The number of nitrogens with zero attached hydrogens (tertiary/aromatic N) is 4. The van der Waals surface area contributed by atoms with E-state index in [0.717, 1.165) is 6.42 Å². The summed E-state index contributed by atoms with van der Waals surface area (Å²) in [5, 5.41) is 9.63. The Kier molecular flexibility index (Phi) is 7.48. The van der Waals surface area contributed by atoms with Crippen molar-refractivity contribution in [3.63, 3.8) is 0 Å². The highest BCUT2D eigenvalue weighted by Crippen LogP contribution is 2.36. The number of amides is 1. The van der Waals surface area contributed by atoms with Crippen LogP contribution < -0.4 is 10.5 Å². The number of rotatable bonds is 5. The Morgan fingerprint density at radius 2 is 1.91 bits per heavy atom. The summed E-state index contributed by atoms with van der Waals surface area (Å²) in [5.74, 6) is 1.03. The van der Waals surface area contributed by atoms with E-state index in [1.54, 1.807) is 24.9 Å². The maximum absolute atomic E-state index is 13.1. The van der Waals surface area contributed by atoms with Crippen LogP contribution in [0.4, 0.5) is 5.82 Å². The molecule has 0 N–H and O–H groups in total. The van der Waals surface area contributed by atoms with E-state index in [2.05, 4.69) is 18.7 Å². The number of thioether (sulfide) groups is 1. The van der Waals surface area contributed by atoms with Gasteiger partial charge in [0.05, 0.1) is 17.1 Å². The molecule has 0 aromatic carbocycles. The Balaban J connectivity index is 2.12. The lowest BCUT2D eigenvalue weighted by Crippen LogP contribution is -2.47. The molecular formula is C23H30N4O3S2. The number of morpholine rings is 1. The van der Waals surface area contributed by atoms with Crippen molar-refractivity contribution in [2.24, 2.45) is 13.0 Å². The Bertz CT molecular complexity index is 1060. The molecule has 0 aliphatic carbocycles.